The first-order valence-electron chi connectivity index (χ1n) is 11.3. The molecule has 3 heterocycles. The van der Waals surface area contributed by atoms with Crippen LogP contribution >= 0.6 is 0 Å². The molecule has 2 aliphatic heterocycles. The fourth-order valence-corrected chi connectivity index (χ4v) is 4.06. The number of fused-ring (bicyclic) bond motifs is 1. The number of aromatic nitrogens is 1. The fourth-order valence-electron chi connectivity index (χ4n) is 4.06. The number of carbonyl (C=O) groups is 2. The van der Waals surface area contributed by atoms with Crippen molar-refractivity contribution in [2.24, 2.45) is 0 Å². The summed E-state index contributed by atoms with van der Waals surface area (Å²) in [5.74, 6) is -4.27. The molecule has 1 aromatic heterocycles. The Balaban J connectivity index is 0.000000265. The molecule has 0 spiro atoms. The van der Waals surface area contributed by atoms with Crippen LogP contribution < -0.4 is 5.32 Å². The number of cyclic esters (lactones) is 1. The van der Waals surface area contributed by atoms with E-state index < -0.39 is 40.2 Å². The van der Waals surface area contributed by atoms with Gasteiger partial charge in [0.2, 0.25) is 0 Å². The Morgan fingerprint density at radius 2 is 1.95 bits per heavy atom. The van der Waals surface area contributed by atoms with Crippen molar-refractivity contribution in [2.75, 3.05) is 13.2 Å². The summed E-state index contributed by atoms with van der Waals surface area (Å²) in [6, 6.07) is 5.39. The van der Waals surface area contributed by atoms with Crippen LogP contribution in [-0.4, -0.2) is 46.2 Å². The molecule has 3 aromatic rings. The minimum Gasteiger partial charge on any atom is -0.507 e. The minimum atomic E-state index is -1.07. The lowest BCUT2D eigenvalue weighted by Gasteiger charge is -2.25. The van der Waals surface area contributed by atoms with Crippen LogP contribution in [0.4, 0.5) is 18.0 Å². The number of amides is 2. The Bertz CT molecular complexity index is 1330. The van der Waals surface area contributed by atoms with Gasteiger partial charge in [-0.1, -0.05) is 0 Å². The van der Waals surface area contributed by atoms with E-state index in [0.717, 1.165) is 50.0 Å². The maximum atomic E-state index is 14.2. The topological polar surface area (TPSA) is 129 Å². The van der Waals surface area contributed by atoms with Gasteiger partial charge in [0.25, 0.3) is 5.91 Å². The number of hydrogen-bond donors (Lipinski definition) is 2. The summed E-state index contributed by atoms with van der Waals surface area (Å²) in [6.45, 7) is 1.21. The summed E-state index contributed by atoms with van der Waals surface area (Å²) in [7, 11) is 0. The number of oxazole rings is 1. The van der Waals surface area contributed by atoms with Crippen molar-refractivity contribution in [3.8, 4) is 23.1 Å². The van der Waals surface area contributed by atoms with E-state index in [1.165, 1.54) is 18.7 Å². The van der Waals surface area contributed by atoms with E-state index in [9.17, 15) is 27.9 Å². The average Bonchev–Trinajstić information content (AvgIpc) is 3.55. The number of rotatable bonds is 4. The van der Waals surface area contributed by atoms with E-state index in [1.54, 1.807) is 0 Å². The number of nitriles is 1. The molecule has 9 nitrogen and oxygen atoms in total. The van der Waals surface area contributed by atoms with Crippen molar-refractivity contribution in [3.05, 3.63) is 71.0 Å². The number of aromatic hydroxyl groups is 1. The first-order valence-corrected chi connectivity index (χ1v) is 11.3. The lowest BCUT2D eigenvalue weighted by molar-refractivity contribution is 0.0946. The highest BCUT2D eigenvalue weighted by Gasteiger charge is 2.34. The largest absolute Gasteiger partial charge is 0.507 e. The molecule has 1 atom stereocenters. The lowest BCUT2D eigenvalue weighted by atomic mass is 10.0. The van der Waals surface area contributed by atoms with Crippen LogP contribution in [0.3, 0.4) is 0 Å². The maximum Gasteiger partial charge on any atom is 0.410 e. The first kappa shape index (κ1) is 25.6. The quantitative estimate of drug-likeness (QED) is 0.532. The Kier molecular flexibility index (Phi) is 7.62. The highest BCUT2D eigenvalue weighted by Crippen LogP contribution is 2.31. The highest BCUT2D eigenvalue weighted by atomic mass is 19.1. The summed E-state index contributed by atoms with van der Waals surface area (Å²) < 4.78 is 51.2. The summed E-state index contributed by atoms with van der Waals surface area (Å²) in [6.07, 6.45) is 5.78. The second-order valence-corrected chi connectivity index (χ2v) is 8.36. The smallest absolute Gasteiger partial charge is 0.410 e. The van der Waals surface area contributed by atoms with E-state index >= 15 is 0 Å². The van der Waals surface area contributed by atoms with Gasteiger partial charge in [0.15, 0.2) is 12.2 Å². The zero-order valence-electron chi connectivity index (χ0n) is 19.3. The van der Waals surface area contributed by atoms with Crippen LogP contribution in [0, 0.1) is 28.8 Å². The van der Waals surface area contributed by atoms with Gasteiger partial charge >= 0.3 is 6.09 Å². The molecule has 2 aliphatic rings. The van der Waals surface area contributed by atoms with Crippen molar-refractivity contribution in [2.45, 2.75) is 31.8 Å². The number of carbonyl (C=O) groups excluding carboxylic acids is 2. The number of halogens is 3. The molecule has 1 unspecified atom stereocenters. The fraction of sp³-hybridized carbons (Fsp3) is 0.280. The number of piperidine rings is 1. The maximum absolute atomic E-state index is 14.2. The molecule has 192 valence electrons. The van der Waals surface area contributed by atoms with Gasteiger partial charge in [0, 0.05) is 13.1 Å². The Morgan fingerprint density at radius 3 is 2.59 bits per heavy atom. The standard InChI is InChI=1S/C18H10F3N3O3.C7H11NO2/c19-13-1-9(2-14(20)12(13)5-22)6-24-18(26)10-4-16(25)11(3-15(10)21)17-7-23-8-27-17;9-7-8-4-2-1-3-6(8)5-10-7/h1-4,7-8,25H,6H2,(H,24,26);6H,1-5H2. The highest BCUT2D eigenvalue weighted by molar-refractivity contribution is 5.95. The number of phenols is 1. The van der Waals surface area contributed by atoms with Crippen LogP contribution in [0.2, 0.25) is 0 Å². The molecule has 5 rings (SSSR count). The third-order valence-corrected chi connectivity index (χ3v) is 5.96. The summed E-state index contributed by atoms with van der Waals surface area (Å²) in [5, 5.41) is 20.9. The number of benzene rings is 2. The minimum absolute atomic E-state index is 0.0118. The van der Waals surface area contributed by atoms with Crippen molar-refractivity contribution < 1.29 is 37.0 Å². The van der Waals surface area contributed by atoms with Crippen LogP contribution in [0.25, 0.3) is 11.3 Å². The van der Waals surface area contributed by atoms with Gasteiger partial charge in [-0.05, 0) is 49.1 Å². The number of hydrogen-bond acceptors (Lipinski definition) is 7. The number of phenolic OH excluding ortho intramolecular Hbond substituents is 1. The van der Waals surface area contributed by atoms with Crippen molar-refractivity contribution in [3.63, 3.8) is 0 Å². The van der Waals surface area contributed by atoms with E-state index in [1.807, 2.05) is 4.90 Å². The zero-order valence-corrected chi connectivity index (χ0v) is 19.3. The zero-order chi connectivity index (χ0) is 26.5. The summed E-state index contributed by atoms with van der Waals surface area (Å²) in [5.41, 5.74) is -1.15. The molecule has 0 saturated carbocycles. The Hall–Kier alpha value is -4.53. The second kappa shape index (κ2) is 11.0. The molecular formula is C25H21F3N4O5. The van der Waals surface area contributed by atoms with Gasteiger partial charge < -0.3 is 24.5 Å². The van der Waals surface area contributed by atoms with Gasteiger partial charge in [-0.2, -0.15) is 5.26 Å². The molecule has 0 radical (unpaired) electrons. The predicted molar refractivity (Wildman–Crippen MR) is 121 cm³/mol. The van der Waals surface area contributed by atoms with Crippen LogP contribution in [0.5, 0.6) is 5.75 Å². The van der Waals surface area contributed by atoms with Gasteiger partial charge in [0.05, 0.1) is 23.4 Å². The van der Waals surface area contributed by atoms with Crippen LogP contribution in [0.1, 0.15) is 40.7 Å². The van der Waals surface area contributed by atoms with E-state index in [4.69, 9.17) is 14.4 Å². The Morgan fingerprint density at radius 1 is 1.19 bits per heavy atom. The predicted octanol–water partition coefficient (Wildman–Crippen LogP) is 4.26. The Labute approximate surface area is 209 Å². The van der Waals surface area contributed by atoms with Gasteiger partial charge in [-0.3, -0.25) is 4.79 Å². The number of nitrogens with one attached hydrogen (secondary N) is 1. The van der Waals surface area contributed by atoms with Crippen LogP contribution in [0.15, 0.2) is 41.3 Å². The molecule has 2 amide bonds. The van der Waals surface area contributed by atoms with Crippen molar-refractivity contribution >= 4 is 12.0 Å². The number of nitrogens with zero attached hydrogens (tertiary/aromatic N) is 3. The van der Waals surface area contributed by atoms with E-state index in [2.05, 4.69) is 10.3 Å². The molecule has 12 heteroatoms. The van der Waals surface area contributed by atoms with Crippen LogP contribution in [-0.2, 0) is 11.3 Å². The molecule has 2 fully saturated rings. The lowest BCUT2D eigenvalue weighted by Crippen LogP contribution is -2.37. The van der Waals surface area contributed by atoms with Gasteiger partial charge in [-0.25, -0.2) is 22.9 Å². The van der Waals surface area contributed by atoms with Crippen molar-refractivity contribution in [1.82, 2.24) is 15.2 Å². The monoisotopic (exact) mass is 514 g/mol. The SMILES string of the molecule is N#Cc1c(F)cc(CNC(=O)c2cc(O)c(-c3cnco3)cc2F)cc1F.O=C1OCC2CCCCN12. The number of ether oxygens (including phenoxy) is 1. The second-order valence-electron chi connectivity index (χ2n) is 8.36. The molecule has 2 saturated heterocycles. The summed E-state index contributed by atoms with van der Waals surface area (Å²) >= 11 is 0. The third-order valence-electron chi connectivity index (χ3n) is 5.96. The van der Waals surface area contributed by atoms with Crippen molar-refractivity contribution in [1.29, 1.82) is 5.26 Å². The molecule has 2 aromatic carbocycles. The van der Waals surface area contributed by atoms with E-state index in [0.29, 0.717) is 12.6 Å². The van der Waals surface area contributed by atoms with Gasteiger partial charge in [0.1, 0.15) is 41.4 Å². The van der Waals surface area contributed by atoms with E-state index in [-0.39, 0.29) is 29.5 Å². The normalized spacial score (nSPS) is 16.2. The molecule has 37 heavy (non-hydrogen) atoms. The molecule has 0 bridgehead atoms. The molecule has 0 aliphatic carbocycles. The third kappa shape index (κ3) is 5.66. The van der Waals surface area contributed by atoms with Gasteiger partial charge in [-0.15, -0.1) is 0 Å². The first-order chi connectivity index (χ1) is 17.8. The average molecular weight is 514 g/mol. The molecular weight excluding hydrogens is 493 g/mol. The summed E-state index contributed by atoms with van der Waals surface area (Å²) in [4.78, 5) is 28.6. The molecule has 2 N–H and O–H groups in total.